The van der Waals surface area contributed by atoms with Gasteiger partial charge in [-0.25, -0.2) is 0 Å². The lowest BCUT2D eigenvalue weighted by Crippen LogP contribution is -2.18. The summed E-state index contributed by atoms with van der Waals surface area (Å²) < 4.78 is 1.11. The second kappa shape index (κ2) is 4.72. The highest BCUT2D eigenvalue weighted by Gasteiger charge is 2.13. The van der Waals surface area contributed by atoms with Crippen LogP contribution in [0.25, 0.3) is 0 Å². The number of thiol groups is 1. The van der Waals surface area contributed by atoms with Gasteiger partial charge in [0.05, 0.1) is 5.05 Å². The third kappa shape index (κ3) is 4.68. The zero-order valence-electron chi connectivity index (χ0n) is 6.69. The van der Waals surface area contributed by atoms with E-state index in [1.165, 1.54) is 0 Å². The first-order valence-corrected chi connectivity index (χ1v) is 5.89. The fourth-order valence-corrected chi connectivity index (χ4v) is 1.88. The number of rotatable bonds is 2. The van der Waals surface area contributed by atoms with Gasteiger partial charge >= 0.3 is 0 Å². The minimum Gasteiger partial charge on any atom is -0.359 e. The van der Waals surface area contributed by atoms with Crippen molar-refractivity contribution in [2.75, 3.05) is 10.2 Å². The van der Waals surface area contributed by atoms with Crippen LogP contribution in [-0.2, 0) is 0 Å². The summed E-state index contributed by atoms with van der Waals surface area (Å²) in [5.41, 5.74) is -0.0344. The predicted molar refractivity (Wildman–Crippen MR) is 59.8 cm³/mol. The number of alkyl halides is 1. The Bertz CT molecular complexity index is 126. The monoisotopic (exact) mass is 274 g/mol. The van der Waals surface area contributed by atoms with Crippen molar-refractivity contribution in [1.82, 2.24) is 0 Å². The fourth-order valence-electron chi connectivity index (χ4n) is 0.385. The SMILES string of the molecule is CC(C)(C)C(O)=[SH]CCI. The molecule has 1 N–H and O–H groups in total. The van der Waals surface area contributed by atoms with Gasteiger partial charge in [-0.3, -0.25) is 0 Å². The molecule has 0 spiro atoms. The molecule has 1 nitrogen and oxygen atoms in total. The molecule has 0 aliphatic rings. The van der Waals surface area contributed by atoms with Gasteiger partial charge in [0.25, 0.3) is 0 Å². The van der Waals surface area contributed by atoms with Gasteiger partial charge in [0.15, 0.2) is 0 Å². The number of hydrogen-bond acceptors (Lipinski definition) is 0. The number of halogens is 1. The molecule has 0 aromatic rings. The van der Waals surface area contributed by atoms with Crippen LogP contribution in [0.1, 0.15) is 20.8 Å². The van der Waals surface area contributed by atoms with Crippen molar-refractivity contribution in [1.29, 1.82) is 0 Å². The van der Waals surface area contributed by atoms with E-state index in [4.69, 9.17) is 0 Å². The Labute approximate surface area is 80.3 Å². The minimum atomic E-state index is -0.0344. The van der Waals surface area contributed by atoms with Crippen molar-refractivity contribution in [3.05, 3.63) is 0 Å². The summed E-state index contributed by atoms with van der Waals surface area (Å²) >= 11 is 3.40. The van der Waals surface area contributed by atoms with Crippen LogP contribution in [0.15, 0.2) is 0 Å². The average Bonchev–Trinajstić information content (AvgIpc) is 1.80. The van der Waals surface area contributed by atoms with Gasteiger partial charge in [-0.2, -0.15) is 11.4 Å². The normalized spacial score (nSPS) is 14.7. The van der Waals surface area contributed by atoms with Crippen molar-refractivity contribution in [3.63, 3.8) is 0 Å². The van der Waals surface area contributed by atoms with Crippen LogP contribution in [-0.4, -0.2) is 20.3 Å². The zero-order chi connectivity index (χ0) is 8.20. The first-order chi connectivity index (χ1) is 4.48. The van der Waals surface area contributed by atoms with Crippen LogP contribution in [0.3, 0.4) is 0 Å². The molecule has 0 aliphatic heterocycles. The molecule has 0 saturated heterocycles. The molecule has 0 saturated carbocycles. The molecular formula is C7H15IOS. The van der Waals surface area contributed by atoms with Gasteiger partial charge in [-0.05, 0) is 5.75 Å². The highest BCUT2D eigenvalue weighted by Crippen LogP contribution is 2.16. The van der Waals surface area contributed by atoms with E-state index < -0.39 is 0 Å². The smallest absolute Gasteiger partial charge is 0.0748 e. The number of aliphatic hydroxyl groups excluding tert-OH is 1. The van der Waals surface area contributed by atoms with Crippen LogP contribution in [0, 0.1) is 5.41 Å². The fraction of sp³-hybridized carbons (Fsp3) is 0.857. The van der Waals surface area contributed by atoms with E-state index in [0.717, 1.165) is 21.5 Å². The van der Waals surface area contributed by atoms with Crippen LogP contribution in [0.2, 0.25) is 0 Å². The van der Waals surface area contributed by atoms with Crippen LogP contribution >= 0.6 is 33.9 Å². The highest BCUT2D eigenvalue weighted by molar-refractivity contribution is 14.1. The molecule has 0 aromatic carbocycles. The predicted octanol–water partition coefficient (Wildman–Crippen LogP) is 2.62. The third-order valence-corrected chi connectivity index (χ3v) is 3.83. The molecule has 0 fully saturated rings. The van der Waals surface area contributed by atoms with Crippen molar-refractivity contribution in [2.45, 2.75) is 20.8 Å². The standard InChI is InChI=1S/C7H15IOS/c1-7(2,3)6(9)10-5-4-8/h9-10H,4-5H2,1-3H3. The average molecular weight is 274 g/mol. The Hall–Kier alpha value is 0.910. The van der Waals surface area contributed by atoms with E-state index in [1.54, 1.807) is 0 Å². The lowest BCUT2D eigenvalue weighted by molar-refractivity contribution is 0.443. The molecule has 3 heteroatoms. The first kappa shape index (κ1) is 10.9. The van der Waals surface area contributed by atoms with Crippen molar-refractivity contribution < 1.29 is 5.11 Å². The third-order valence-electron chi connectivity index (χ3n) is 1.02. The van der Waals surface area contributed by atoms with Gasteiger partial charge < -0.3 is 5.11 Å². The molecular weight excluding hydrogens is 259 g/mol. The molecule has 0 radical (unpaired) electrons. The van der Waals surface area contributed by atoms with E-state index in [2.05, 4.69) is 22.6 Å². The largest absolute Gasteiger partial charge is 0.359 e. The zero-order valence-corrected chi connectivity index (χ0v) is 9.74. The van der Waals surface area contributed by atoms with Gasteiger partial charge in [-0.15, -0.1) is 0 Å². The molecule has 0 aliphatic carbocycles. The highest BCUT2D eigenvalue weighted by atomic mass is 127. The van der Waals surface area contributed by atoms with Crippen LogP contribution < -0.4 is 0 Å². The Morgan fingerprint density at radius 1 is 1.50 bits per heavy atom. The Kier molecular flexibility index (Phi) is 5.15. The van der Waals surface area contributed by atoms with E-state index >= 15 is 0 Å². The summed E-state index contributed by atoms with van der Waals surface area (Å²) in [5, 5.41) is 10.0. The van der Waals surface area contributed by atoms with Gasteiger partial charge in [0, 0.05) is 9.84 Å². The summed E-state index contributed by atoms with van der Waals surface area (Å²) in [4.78, 5) is 0. The summed E-state index contributed by atoms with van der Waals surface area (Å²) in [7, 11) is 0. The number of hydrogen-bond donors (Lipinski definition) is 2. The van der Waals surface area contributed by atoms with E-state index in [1.807, 2.05) is 20.8 Å². The quantitative estimate of drug-likeness (QED) is 0.343. The first-order valence-electron chi connectivity index (χ1n) is 3.28. The van der Waals surface area contributed by atoms with Gasteiger partial charge in [0.1, 0.15) is 0 Å². The maximum atomic E-state index is 9.42. The van der Waals surface area contributed by atoms with Crippen molar-refractivity contribution >= 4 is 39.0 Å². The maximum absolute atomic E-state index is 9.42. The summed E-state index contributed by atoms with van der Waals surface area (Å²) in [6.07, 6.45) is 0. The molecule has 0 rings (SSSR count). The lowest BCUT2D eigenvalue weighted by Gasteiger charge is -2.16. The molecule has 0 atom stereocenters. The molecule has 62 valence electrons. The number of aliphatic hydroxyl groups is 1. The second-order valence-electron chi connectivity index (χ2n) is 3.14. The van der Waals surface area contributed by atoms with Crippen molar-refractivity contribution in [2.24, 2.45) is 5.41 Å². The van der Waals surface area contributed by atoms with E-state index in [9.17, 15) is 5.11 Å². The van der Waals surface area contributed by atoms with Crippen LogP contribution in [0.5, 0.6) is 0 Å². The Balaban J connectivity index is 3.93. The van der Waals surface area contributed by atoms with E-state index in [-0.39, 0.29) is 5.41 Å². The van der Waals surface area contributed by atoms with Crippen LogP contribution in [0.4, 0.5) is 0 Å². The molecule has 0 bridgehead atoms. The summed E-state index contributed by atoms with van der Waals surface area (Å²) in [6.45, 7) is 6.09. The summed E-state index contributed by atoms with van der Waals surface area (Å²) in [5.74, 6) is 1.06. The van der Waals surface area contributed by atoms with Gasteiger partial charge in [-0.1, -0.05) is 43.4 Å². The topological polar surface area (TPSA) is 20.2 Å². The van der Waals surface area contributed by atoms with Crippen molar-refractivity contribution in [3.8, 4) is 0 Å². The van der Waals surface area contributed by atoms with Gasteiger partial charge in [0.2, 0.25) is 0 Å². The molecule has 10 heavy (non-hydrogen) atoms. The minimum absolute atomic E-state index is 0.0344. The molecule has 0 aromatic heterocycles. The summed E-state index contributed by atoms with van der Waals surface area (Å²) in [6, 6.07) is 0. The van der Waals surface area contributed by atoms with E-state index in [0.29, 0.717) is 5.05 Å². The second-order valence-corrected chi connectivity index (χ2v) is 5.41. The Morgan fingerprint density at radius 3 is 2.30 bits per heavy atom. The molecule has 0 unspecified atom stereocenters. The maximum Gasteiger partial charge on any atom is 0.0748 e. The Morgan fingerprint density at radius 2 is 2.00 bits per heavy atom. The molecule has 0 heterocycles. The molecule has 0 amide bonds. The lowest BCUT2D eigenvalue weighted by atomic mass is 9.99.